The predicted octanol–water partition coefficient (Wildman–Crippen LogP) is 0.265. The molecule has 1 aromatic rings. The molecule has 2 unspecified atom stereocenters. The fourth-order valence-electron chi connectivity index (χ4n) is 2.55. The van der Waals surface area contributed by atoms with Gasteiger partial charge in [-0.15, -0.1) is 0 Å². The molecule has 0 bridgehead atoms. The van der Waals surface area contributed by atoms with E-state index in [4.69, 9.17) is 0 Å². The SMILES string of the molecule is CCC1(C)C=CC(S(=O)(=O)[O-])=CC1Cc1ccccc1.[Na+]. The normalized spacial score (nSPS) is 25.1. The summed E-state index contributed by atoms with van der Waals surface area (Å²) in [5, 5.41) is 0. The second kappa shape index (κ2) is 7.25. The Labute approximate surface area is 149 Å². The van der Waals surface area contributed by atoms with Gasteiger partial charge < -0.3 is 4.55 Å². The summed E-state index contributed by atoms with van der Waals surface area (Å²) in [5.41, 5.74) is 1.02. The molecule has 0 amide bonds. The van der Waals surface area contributed by atoms with Gasteiger partial charge in [0.2, 0.25) is 0 Å². The van der Waals surface area contributed by atoms with Crippen molar-refractivity contribution in [1.29, 1.82) is 0 Å². The van der Waals surface area contributed by atoms with Crippen LogP contribution in [-0.2, 0) is 16.5 Å². The summed E-state index contributed by atoms with van der Waals surface area (Å²) in [6, 6.07) is 9.92. The maximum atomic E-state index is 11.2. The Kier molecular flexibility index (Phi) is 6.44. The molecule has 0 saturated carbocycles. The summed E-state index contributed by atoms with van der Waals surface area (Å²) in [4.78, 5) is -0.107. The molecule has 0 fully saturated rings. The van der Waals surface area contributed by atoms with Gasteiger partial charge >= 0.3 is 29.6 Å². The van der Waals surface area contributed by atoms with E-state index in [1.54, 1.807) is 6.08 Å². The molecule has 21 heavy (non-hydrogen) atoms. The standard InChI is InChI=1S/C16H20O3S.Na/c1-3-16(2)10-9-15(20(17,18)19)12-14(16)11-13-7-5-4-6-8-13;/h4-10,12,14H,3,11H2,1-2H3,(H,17,18,19);/q;+1/p-1. The van der Waals surface area contributed by atoms with E-state index in [0.717, 1.165) is 18.4 Å². The van der Waals surface area contributed by atoms with Crippen LogP contribution in [0.25, 0.3) is 0 Å². The summed E-state index contributed by atoms with van der Waals surface area (Å²) in [7, 11) is -4.39. The summed E-state index contributed by atoms with van der Waals surface area (Å²) in [5.74, 6) is 0.0126. The van der Waals surface area contributed by atoms with E-state index in [0.29, 0.717) is 0 Å². The van der Waals surface area contributed by atoms with Gasteiger partial charge in [0.1, 0.15) is 10.1 Å². The number of hydrogen-bond donors (Lipinski definition) is 0. The number of hydrogen-bond acceptors (Lipinski definition) is 3. The monoisotopic (exact) mass is 314 g/mol. The van der Waals surface area contributed by atoms with Gasteiger partial charge in [0, 0.05) is 0 Å². The van der Waals surface area contributed by atoms with Gasteiger partial charge in [-0.05, 0) is 35.8 Å². The minimum Gasteiger partial charge on any atom is -0.744 e. The summed E-state index contributed by atoms with van der Waals surface area (Å²) >= 11 is 0. The average Bonchev–Trinajstić information content (AvgIpc) is 2.41. The molecular formula is C16H19NaO3S. The van der Waals surface area contributed by atoms with E-state index < -0.39 is 10.1 Å². The topological polar surface area (TPSA) is 57.2 Å². The van der Waals surface area contributed by atoms with Crippen molar-refractivity contribution < 1.29 is 42.5 Å². The van der Waals surface area contributed by atoms with E-state index >= 15 is 0 Å². The molecule has 0 spiro atoms. The zero-order valence-corrected chi connectivity index (χ0v) is 15.6. The number of allylic oxidation sites excluding steroid dienone is 3. The Balaban J connectivity index is 0.00000220. The van der Waals surface area contributed by atoms with Crippen molar-refractivity contribution in [3.63, 3.8) is 0 Å². The summed E-state index contributed by atoms with van der Waals surface area (Å²) in [6.45, 7) is 4.18. The summed E-state index contributed by atoms with van der Waals surface area (Å²) in [6.07, 6.45) is 6.57. The van der Waals surface area contributed by atoms with E-state index in [1.165, 1.54) is 6.08 Å². The van der Waals surface area contributed by atoms with Gasteiger partial charge in [-0.3, -0.25) is 0 Å². The molecular weight excluding hydrogens is 295 g/mol. The Bertz CT molecular complexity index is 635. The van der Waals surface area contributed by atoms with Crippen molar-refractivity contribution in [1.82, 2.24) is 0 Å². The first-order valence-corrected chi connectivity index (χ1v) is 8.17. The molecule has 1 aromatic carbocycles. The Morgan fingerprint density at radius 2 is 1.86 bits per heavy atom. The maximum absolute atomic E-state index is 11.2. The first kappa shape index (κ1) is 18.7. The van der Waals surface area contributed by atoms with Crippen LogP contribution in [0.2, 0.25) is 0 Å². The molecule has 1 aliphatic carbocycles. The molecule has 3 nitrogen and oxygen atoms in total. The fourth-order valence-corrected chi connectivity index (χ4v) is 3.11. The van der Waals surface area contributed by atoms with Crippen LogP contribution < -0.4 is 29.6 Å². The van der Waals surface area contributed by atoms with Crippen LogP contribution in [0.3, 0.4) is 0 Å². The largest absolute Gasteiger partial charge is 1.00 e. The smallest absolute Gasteiger partial charge is 0.744 e. The van der Waals surface area contributed by atoms with Crippen molar-refractivity contribution in [3.05, 3.63) is 59.0 Å². The fraction of sp³-hybridized carbons (Fsp3) is 0.375. The number of rotatable bonds is 4. The van der Waals surface area contributed by atoms with Crippen LogP contribution in [0.1, 0.15) is 25.8 Å². The van der Waals surface area contributed by atoms with E-state index in [2.05, 4.69) is 13.8 Å². The van der Waals surface area contributed by atoms with Gasteiger partial charge in [0.05, 0.1) is 4.91 Å². The second-order valence-electron chi connectivity index (χ2n) is 5.51. The molecule has 108 valence electrons. The third kappa shape index (κ3) is 4.54. The quantitative estimate of drug-likeness (QED) is 0.592. The summed E-state index contributed by atoms with van der Waals surface area (Å²) < 4.78 is 33.6. The first-order valence-electron chi connectivity index (χ1n) is 6.76. The Morgan fingerprint density at radius 1 is 1.24 bits per heavy atom. The minimum atomic E-state index is -4.39. The zero-order valence-electron chi connectivity index (χ0n) is 12.7. The molecule has 0 radical (unpaired) electrons. The van der Waals surface area contributed by atoms with Gasteiger partial charge in [0.25, 0.3) is 0 Å². The predicted molar refractivity (Wildman–Crippen MR) is 79.0 cm³/mol. The molecule has 2 rings (SSSR count). The van der Waals surface area contributed by atoms with Gasteiger partial charge in [-0.2, -0.15) is 0 Å². The van der Waals surface area contributed by atoms with Crippen LogP contribution in [-0.4, -0.2) is 13.0 Å². The molecule has 0 heterocycles. The van der Waals surface area contributed by atoms with Gasteiger partial charge in [-0.1, -0.05) is 56.3 Å². The van der Waals surface area contributed by atoms with Crippen molar-refractivity contribution in [3.8, 4) is 0 Å². The Hall–Kier alpha value is -0.390. The average molecular weight is 314 g/mol. The van der Waals surface area contributed by atoms with Crippen LogP contribution in [0.5, 0.6) is 0 Å². The molecule has 0 saturated heterocycles. The number of benzene rings is 1. The molecule has 0 aromatic heterocycles. The molecule has 1 aliphatic rings. The molecule has 0 N–H and O–H groups in total. The van der Waals surface area contributed by atoms with Gasteiger partial charge in [-0.25, -0.2) is 8.42 Å². The van der Waals surface area contributed by atoms with Crippen LogP contribution >= 0.6 is 0 Å². The van der Waals surface area contributed by atoms with E-state index in [-0.39, 0.29) is 45.8 Å². The molecule has 0 aliphatic heterocycles. The van der Waals surface area contributed by atoms with E-state index in [9.17, 15) is 13.0 Å². The van der Waals surface area contributed by atoms with Crippen LogP contribution in [0.4, 0.5) is 0 Å². The second-order valence-corrected chi connectivity index (χ2v) is 6.89. The van der Waals surface area contributed by atoms with Crippen LogP contribution in [0, 0.1) is 11.3 Å². The van der Waals surface area contributed by atoms with Crippen molar-refractivity contribution >= 4 is 10.1 Å². The van der Waals surface area contributed by atoms with Crippen LogP contribution in [0.15, 0.2) is 53.5 Å². The molecule has 5 heteroatoms. The zero-order chi connectivity index (χ0) is 14.8. The van der Waals surface area contributed by atoms with Crippen molar-refractivity contribution in [2.45, 2.75) is 26.7 Å². The third-order valence-electron chi connectivity index (χ3n) is 4.19. The van der Waals surface area contributed by atoms with E-state index in [1.807, 2.05) is 36.4 Å². The van der Waals surface area contributed by atoms with Gasteiger partial charge in [0.15, 0.2) is 0 Å². The first-order chi connectivity index (χ1) is 9.35. The molecule has 2 atom stereocenters. The Morgan fingerprint density at radius 3 is 2.38 bits per heavy atom. The van der Waals surface area contributed by atoms with Crippen molar-refractivity contribution in [2.75, 3.05) is 0 Å². The minimum absolute atomic E-state index is 0. The van der Waals surface area contributed by atoms with Crippen molar-refractivity contribution in [2.24, 2.45) is 11.3 Å². The third-order valence-corrected chi connectivity index (χ3v) is 5.04. The maximum Gasteiger partial charge on any atom is 1.00 e.